The molecule has 0 bridgehead atoms. The fraction of sp³-hybridized carbons (Fsp3) is 0.188. The number of methoxy groups -OCH3 is 1. The molecule has 110 valence electrons. The smallest absolute Gasteiger partial charge is 0.248 e. The van der Waals surface area contributed by atoms with E-state index in [1.807, 2.05) is 13.0 Å². The summed E-state index contributed by atoms with van der Waals surface area (Å²) in [6, 6.07) is 11.9. The Bertz CT molecular complexity index is 638. The number of hydrogen-bond donors (Lipinski definition) is 3. The zero-order valence-corrected chi connectivity index (χ0v) is 12.0. The summed E-state index contributed by atoms with van der Waals surface area (Å²) in [6.45, 7) is 1.93. The van der Waals surface area contributed by atoms with E-state index in [2.05, 4.69) is 5.32 Å². The summed E-state index contributed by atoms with van der Waals surface area (Å²) in [4.78, 5) is 11.0. The summed E-state index contributed by atoms with van der Waals surface area (Å²) in [5.41, 5.74) is 7.25. The first-order valence-electron chi connectivity index (χ1n) is 6.54. The molecule has 0 radical (unpaired) electrons. The number of anilines is 1. The maximum Gasteiger partial charge on any atom is 0.248 e. The van der Waals surface area contributed by atoms with Crippen LogP contribution in [0.15, 0.2) is 42.5 Å². The van der Waals surface area contributed by atoms with Crippen LogP contribution < -0.4 is 15.8 Å². The Kier molecular flexibility index (Phi) is 4.33. The molecule has 4 N–H and O–H groups in total. The molecule has 0 spiro atoms. The number of rotatable bonds is 5. The fourth-order valence-electron chi connectivity index (χ4n) is 2.08. The maximum absolute atomic E-state index is 11.0. The van der Waals surface area contributed by atoms with Crippen molar-refractivity contribution in [3.63, 3.8) is 0 Å². The lowest BCUT2D eigenvalue weighted by atomic mass is 10.1. The van der Waals surface area contributed by atoms with Gasteiger partial charge in [-0.3, -0.25) is 4.79 Å². The van der Waals surface area contributed by atoms with Gasteiger partial charge < -0.3 is 20.9 Å². The van der Waals surface area contributed by atoms with Gasteiger partial charge in [0.05, 0.1) is 13.2 Å². The van der Waals surface area contributed by atoms with Gasteiger partial charge in [0.15, 0.2) is 0 Å². The van der Waals surface area contributed by atoms with Gasteiger partial charge in [-0.05, 0) is 43.3 Å². The quantitative estimate of drug-likeness (QED) is 0.789. The molecular formula is C16H18N2O3. The normalized spacial score (nSPS) is 11.7. The van der Waals surface area contributed by atoms with Crippen LogP contribution >= 0.6 is 0 Å². The Morgan fingerprint density at radius 2 is 1.90 bits per heavy atom. The first kappa shape index (κ1) is 14.7. The second-order valence-corrected chi connectivity index (χ2v) is 4.73. The van der Waals surface area contributed by atoms with Crippen molar-refractivity contribution >= 4 is 11.6 Å². The van der Waals surface area contributed by atoms with E-state index in [-0.39, 0.29) is 11.8 Å². The number of nitrogens with two attached hydrogens (primary N) is 1. The highest BCUT2D eigenvalue weighted by atomic mass is 16.5. The zero-order chi connectivity index (χ0) is 15.4. The number of benzene rings is 2. The van der Waals surface area contributed by atoms with E-state index < -0.39 is 5.91 Å². The highest BCUT2D eigenvalue weighted by molar-refractivity contribution is 5.93. The van der Waals surface area contributed by atoms with Crippen LogP contribution in [-0.2, 0) is 0 Å². The van der Waals surface area contributed by atoms with Crippen molar-refractivity contribution < 1.29 is 14.6 Å². The lowest BCUT2D eigenvalue weighted by Crippen LogP contribution is -2.11. The molecule has 1 unspecified atom stereocenters. The van der Waals surface area contributed by atoms with Gasteiger partial charge in [-0.15, -0.1) is 0 Å². The number of amides is 1. The molecule has 0 heterocycles. The molecule has 5 nitrogen and oxygen atoms in total. The van der Waals surface area contributed by atoms with Crippen LogP contribution in [0.25, 0.3) is 0 Å². The Labute approximate surface area is 123 Å². The molecule has 2 rings (SSSR count). The third kappa shape index (κ3) is 3.45. The van der Waals surface area contributed by atoms with E-state index >= 15 is 0 Å². The summed E-state index contributed by atoms with van der Waals surface area (Å²) in [5, 5.41) is 13.3. The van der Waals surface area contributed by atoms with Crippen LogP contribution in [0.1, 0.15) is 28.9 Å². The van der Waals surface area contributed by atoms with Gasteiger partial charge in [0, 0.05) is 22.9 Å². The molecule has 0 fully saturated rings. The molecule has 0 saturated heterocycles. The molecule has 21 heavy (non-hydrogen) atoms. The van der Waals surface area contributed by atoms with Crippen molar-refractivity contribution in [2.45, 2.75) is 13.0 Å². The number of aromatic hydroxyl groups is 1. The SMILES string of the molecule is COc1ccc(C(C)Nc2ccc(C(N)=O)cc2)c(O)c1. The van der Waals surface area contributed by atoms with Gasteiger partial charge in [-0.2, -0.15) is 0 Å². The second kappa shape index (κ2) is 6.17. The van der Waals surface area contributed by atoms with E-state index in [1.165, 1.54) is 0 Å². The van der Waals surface area contributed by atoms with Crippen LogP contribution in [0.5, 0.6) is 11.5 Å². The molecule has 0 aliphatic heterocycles. The summed E-state index contributed by atoms with van der Waals surface area (Å²) >= 11 is 0. The van der Waals surface area contributed by atoms with Crippen molar-refractivity contribution in [1.29, 1.82) is 0 Å². The molecule has 0 aliphatic rings. The number of phenolic OH excluding ortho intramolecular Hbond substituents is 1. The molecule has 0 aliphatic carbocycles. The number of carbonyl (C=O) groups excluding carboxylic acids is 1. The Balaban J connectivity index is 2.13. The third-order valence-corrected chi connectivity index (χ3v) is 3.26. The maximum atomic E-state index is 11.0. The van der Waals surface area contributed by atoms with Crippen molar-refractivity contribution in [2.24, 2.45) is 5.73 Å². The number of hydrogen-bond acceptors (Lipinski definition) is 4. The predicted molar refractivity (Wildman–Crippen MR) is 81.7 cm³/mol. The number of ether oxygens (including phenoxy) is 1. The first-order chi connectivity index (χ1) is 10.0. The number of phenols is 1. The van der Waals surface area contributed by atoms with Gasteiger partial charge in [-0.1, -0.05) is 0 Å². The topological polar surface area (TPSA) is 84.6 Å². The average Bonchev–Trinajstić information content (AvgIpc) is 2.47. The van der Waals surface area contributed by atoms with E-state index in [9.17, 15) is 9.90 Å². The van der Waals surface area contributed by atoms with Gasteiger partial charge >= 0.3 is 0 Å². The Morgan fingerprint density at radius 3 is 2.43 bits per heavy atom. The summed E-state index contributed by atoms with van der Waals surface area (Å²) < 4.78 is 5.06. The minimum absolute atomic E-state index is 0.102. The Morgan fingerprint density at radius 1 is 1.24 bits per heavy atom. The highest BCUT2D eigenvalue weighted by Gasteiger charge is 2.11. The Hall–Kier alpha value is -2.69. The molecule has 2 aromatic carbocycles. The molecular weight excluding hydrogens is 268 g/mol. The number of carbonyl (C=O) groups is 1. The predicted octanol–water partition coefficient (Wildman–Crippen LogP) is 2.67. The number of nitrogens with one attached hydrogen (secondary N) is 1. The molecule has 0 aromatic heterocycles. The van der Waals surface area contributed by atoms with Crippen LogP contribution in [0, 0.1) is 0 Å². The lowest BCUT2D eigenvalue weighted by molar-refractivity contribution is 0.100. The van der Waals surface area contributed by atoms with Crippen molar-refractivity contribution in [3.05, 3.63) is 53.6 Å². The average molecular weight is 286 g/mol. The zero-order valence-electron chi connectivity index (χ0n) is 12.0. The highest BCUT2D eigenvalue weighted by Crippen LogP contribution is 2.30. The molecule has 0 saturated carbocycles. The molecule has 1 amide bonds. The standard InChI is InChI=1S/C16H18N2O3/c1-10(14-8-7-13(21-2)9-15(14)19)18-12-5-3-11(4-6-12)16(17)20/h3-10,18-19H,1-2H3,(H2,17,20). The number of primary amides is 1. The van der Waals surface area contributed by atoms with Gasteiger partial charge in [0.1, 0.15) is 11.5 Å². The molecule has 5 heteroatoms. The van der Waals surface area contributed by atoms with E-state index in [0.717, 1.165) is 11.3 Å². The van der Waals surface area contributed by atoms with Crippen molar-refractivity contribution in [1.82, 2.24) is 0 Å². The van der Waals surface area contributed by atoms with Gasteiger partial charge in [0.25, 0.3) is 0 Å². The monoisotopic (exact) mass is 286 g/mol. The van der Waals surface area contributed by atoms with E-state index in [0.29, 0.717) is 11.3 Å². The van der Waals surface area contributed by atoms with Crippen molar-refractivity contribution in [3.8, 4) is 11.5 Å². The minimum atomic E-state index is -0.456. The van der Waals surface area contributed by atoms with Gasteiger partial charge in [-0.25, -0.2) is 0 Å². The summed E-state index contributed by atoms with van der Waals surface area (Å²) in [7, 11) is 1.55. The first-order valence-corrected chi connectivity index (χ1v) is 6.54. The third-order valence-electron chi connectivity index (χ3n) is 3.26. The summed E-state index contributed by atoms with van der Waals surface area (Å²) in [6.07, 6.45) is 0. The van der Waals surface area contributed by atoms with Crippen LogP contribution in [-0.4, -0.2) is 18.1 Å². The largest absolute Gasteiger partial charge is 0.507 e. The second-order valence-electron chi connectivity index (χ2n) is 4.73. The van der Waals surface area contributed by atoms with Gasteiger partial charge in [0.2, 0.25) is 5.91 Å². The minimum Gasteiger partial charge on any atom is -0.507 e. The van der Waals surface area contributed by atoms with E-state index in [4.69, 9.17) is 10.5 Å². The fourth-order valence-corrected chi connectivity index (χ4v) is 2.08. The van der Waals surface area contributed by atoms with Crippen LogP contribution in [0.3, 0.4) is 0 Å². The summed E-state index contributed by atoms with van der Waals surface area (Å²) in [5.74, 6) is 0.319. The van der Waals surface area contributed by atoms with Crippen molar-refractivity contribution in [2.75, 3.05) is 12.4 Å². The van der Waals surface area contributed by atoms with Crippen LogP contribution in [0.2, 0.25) is 0 Å². The van der Waals surface area contributed by atoms with Crippen LogP contribution in [0.4, 0.5) is 5.69 Å². The molecule has 2 aromatic rings. The molecule has 1 atom stereocenters. The lowest BCUT2D eigenvalue weighted by Gasteiger charge is -2.17. The van der Waals surface area contributed by atoms with E-state index in [1.54, 1.807) is 43.5 Å².